The number of methoxy groups -OCH3 is 1. The highest BCUT2D eigenvalue weighted by Crippen LogP contribution is 2.33. The number of nitrogens with one attached hydrogen (secondary N) is 1. The number of aromatic nitrogens is 2. The second kappa shape index (κ2) is 9.07. The molecule has 180 valence electrons. The second-order valence-corrected chi connectivity index (χ2v) is 8.72. The molecule has 1 aromatic heterocycles. The lowest BCUT2D eigenvalue weighted by molar-refractivity contribution is 0.345. The third-order valence-corrected chi connectivity index (χ3v) is 6.73. The number of halogens is 3. The van der Waals surface area contributed by atoms with Crippen molar-refractivity contribution in [3.8, 4) is 22.8 Å². The van der Waals surface area contributed by atoms with Gasteiger partial charge < -0.3 is 15.0 Å². The second-order valence-electron chi connectivity index (χ2n) is 8.72. The molecule has 10 heteroatoms. The molecule has 0 bridgehead atoms. The Morgan fingerprint density at radius 1 is 1.11 bits per heavy atom. The van der Waals surface area contributed by atoms with Gasteiger partial charge in [-0.1, -0.05) is 12.1 Å². The van der Waals surface area contributed by atoms with Crippen LogP contribution >= 0.6 is 0 Å². The summed E-state index contributed by atoms with van der Waals surface area (Å²) in [5.74, 6) is -2.04. The fourth-order valence-corrected chi connectivity index (χ4v) is 4.89. The van der Waals surface area contributed by atoms with Gasteiger partial charge in [0.1, 0.15) is 11.6 Å². The fraction of sp³-hybridized carbons (Fsp3) is 0.320. The zero-order valence-corrected chi connectivity index (χ0v) is 18.9. The minimum atomic E-state index is -1.06. The quantitative estimate of drug-likeness (QED) is 0.573. The Hall–Kier alpha value is -3.84. The van der Waals surface area contributed by atoms with Crippen LogP contribution in [0.4, 0.5) is 24.7 Å². The Bertz CT molecular complexity index is 1400. The molecule has 3 aromatic rings. The van der Waals surface area contributed by atoms with Crippen LogP contribution < -0.4 is 20.5 Å². The molecule has 35 heavy (non-hydrogen) atoms. The van der Waals surface area contributed by atoms with Gasteiger partial charge in [-0.05, 0) is 49.5 Å². The first-order chi connectivity index (χ1) is 16.9. The first-order valence-corrected chi connectivity index (χ1v) is 11.2. The lowest BCUT2D eigenvalue weighted by Gasteiger charge is -2.35. The van der Waals surface area contributed by atoms with Crippen molar-refractivity contribution in [2.45, 2.75) is 6.42 Å². The summed E-state index contributed by atoms with van der Waals surface area (Å²) in [5.41, 5.74) is -1.07. The molecule has 2 saturated heterocycles. The first-order valence-electron chi connectivity index (χ1n) is 11.2. The summed E-state index contributed by atoms with van der Waals surface area (Å²) in [6, 6.07) is 7.51. The van der Waals surface area contributed by atoms with E-state index in [9.17, 15) is 13.6 Å². The van der Waals surface area contributed by atoms with Crippen LogP contribution in [0.25, 0.3) is 21.9 Å². The molecule has 2 aliphatic rings. The number of piperidine rings is 1. The lowest BCUT2D eigenvalue weighted by atomic mass is 9.89. The van der Waals surface area contributed by atoms with Crippen LogP contribution in [0.2, 0.25) is 0 Å². The van der Waals surface area contributed by atoms with E-state index in [1.165, 1.54) is 31.4 Å². The minimum absolute atomic E-state index is 0.00890. The number of fused-ring (bicyclic) bond motifs is 1. The molecular formula is C25H22F3N5O2. The van der Waals surface area contributed by atoms with Crippen LogP contribution in [0.3, 0.4) is 0 Å². The molecule has 7 nitrogen and oxygen atoms in total. The number of hydrogen-bond acceptors (Lipinski definition) is 5. The van der Waals surface area contributed by atoms with Crippen LogP contribution in [-0.4, -0.2) is 42.8 Å². The predicted octanol–water partition coefficient (Wildman–Crippen LogP) is 3.92. The molecular weight excluding hydrogens is 459 g/mol. The average Bonchev–Trinajstić information content (AvgIpc) is 3.33. The third kappa shape index (κ3) is 4.02. The van der Waals surface area contributed by atoms with Gasteiger partial charge in [-0.2, -0.15) is 4.39 Å². The standard InChI is InChI=1S/C25H22F3N5O2/c1-29-20-5-3-14(9-18(20)26)23-31-24(32-8-7-15-11-30-12-16(15)13-32)22(28)25(34)33(23)17-4-6-21(35-2)19(27)10-17/h3-6,9-10,15-16,30H,7-8,11-13H2,2H3. The zero-order valence-electron chi connectivity index (χ0n) is 18.9. The summed E-state index contributed by atoms with van der Waals surface area (Å²) >= 11 is 0. The van der Waals surface area contributed by atoms with E-state index in [1.54, 1.807) is 4.90 Å². The highest BCUT2D eigenvalue weighted by atomic mass is 19.1. The van der Waals surface area contributed by atoms with E-state index in [4.69, 9.17) is 11.3 Å². The normalized spacial score (nSPS) is 19.3. The van der Waals surface area contributed by atoms with Crippen molar-refractivity contribution < 1.29 is 17.9 Å². The lowest BCUT2D eigenvalue weighted by Crippen LogP contribution is -2.42. The Balaban J connectivity index is 1.70. The third-order valence-electron chi connectivity index (χ3n) is 6.73. The van der Waals surface area contributed by atoms with Gasteiger partial charge in [-0.25, -0.2) is 18.6 Å². The van der Waals surface area contributed by atoms with Gasteiger partial charge in [0, 0.05) is 24.7 Å². The first kappa shape index (κ1) is 22.9. The summed E-state index contributed by atoms with van der Waals surface area (Å²) < 4.78 is 50.4. The number of hydrogen-bond donors (Lipinski definition) is 1. The topological polar surface area (TPSA) is 63.8 Å². The van der Waals surface area contributed by atoms with Crippen molar-refractivity contribution in [3.63, 3.8) is 0 Å². The molecule has 1 N–H and O–H groups in total. The van der Waals surface area contributed by atoms with E-state index in [0.717, 1.165) is 36.2 Å². The molecule has 0 spiro atoms. The molecule has 2 atom stereocenters. The summed E-state index contributed by atoms with van der Waals surface area (Å²) in [6.45, 7) is 9.87. The number of rotatable bonds is 4. The van der Waals surface area contributed by atoms with Gasteiger partial charge >= 0.3 is 0 Å². The maximum atomic E-state index is 15.5. The molecule has 5 rings (SSSR count). The van der Waals surface area contributed by atoms with Crippen LogP contribution in [0.1, 0.15) is 6.42 Å². The van der Waals surface area contributed by atoms with E-state index in [2.05, 4.69) is 15.1 Å². The van der Waals surface area contributed by atoms with Crippen molar-refractivity contribution in [2.24, 2.45) is 11.8 Å². The maximum Gasteiger partial charge on any atom is 0.296 e. The van der Waals surface area contributed by atoms with Crippen LogP contribution in [0.15, 0.2) is 41.2 Å². The van der Waals surface area contributed by atoms with E-state index in [0.29, 0.717) is 24.9 Å². The van der Waals surface area contributed by atoms with Gasteiger partial charge in [0.15, 0.2) is 17.4 Å². The Morgan fingerprint density at radius 2 is 1.91 bits per heavy atom. The largest absolute Gasteiger partial charge is 0.494 e. The monoisotopic (exact) mass is 481 g/mol. The van der Waals surface area contributed by atoms with E-state index in [1.807, 2.05) is 0 Å². The van der Waals surface area contributed by atoms with Crippen molar-refractivity contribution in [1.29, 1.82) is 0 Å². The van der Waals surface area contributed by atoms with Crippen molar-refractivity contribution in [3.05, 3.63) is 75.6 Å². The van der Waals surface area contributed by atoms with E-state index < -0.39 is 23.0 Å². The number of nitrogens with zero attached hydrogens (tertiary/aromatic N) is 4. The molecule has 0 saturated carbocycles. The molecule has 0 amide bonds. The number of anilines is 1. The van der Waals surface area contributed by atoms with Gasteiger partial charge in [-0.3, -0.25) is 9.36 Å². The summed E-state index contributed by atoms with van der Waals surface area (Å²) in [5, 5.41) is 3.34. The maximum absolute atomic E-state index is 15.5. The molecule has 0 aliphatic carbocycles. The smallest absolute Gasteiger partial charge is 0.296 e. The molecule has 2 aromatic carbocycles. The molecule has 2 unspecified atom stereocenters. The highest BCUT2D eigenvalue weighted by Gasteiger charge is 2.35. The molecule has 2 fully saturated rings. The van der Waals surface area contributed by atoms with Gasteiger partial charge in [0.05, 0.1) is 19.4 Å². The Morgan fingerprint density at radius 3 is 2.63 bits per heavy atom. The van der Waals surface area contributed by atoms with Crippen molar-refractivity contribution >= 4 is 11.5 Å². The zero-order chi connectivity index (χ0) is 24.7. The molecule has 2 aliphatic heterocycles. The minimum Gasteiger partial charge on any atom is -0.494 e. The van der Waals surface area contributed by atoms with Gasteiger partial charge in [0.25, 0.3) is 5.56 Å². The Kier molecular flexibility index (Phi) is 5.94. The summed E-state index contributed by atoms with van der Waals surface area (Å²) in [4.78, 5) is 22.7. The van der Waals surface area contributed by atoms with Crippen molar-refractivity contribution in [2.75, 3.05) is 38.2 Å². The Labute approximate surface area is 199 Å². The number of benzene rings is 2. The summed E-state index contributed by atoms with van der Waals surface area (Å²) in [7, 11) is 1.30. The molecule has 0 radical (unpaired) electrons. The van der Waals surface area contributed by atoms with E-state index >= 15 is 4.39 Å². The van der Waals surface area contributed by atoms with E-state index in [-0.39, 0.29) is 34.3 Å². The molecule has 3 heterocycles. The average molecular weight is 481 g/mol. The van der Waals surface area contributed by atoms with Gasteiger partial charge in [-0.15, -0.1) is 0 Å². The number of ether oxygens (including phenoxy) is 1. The van der Waals surface area contributed by atoms with Gasteiger partial charge in [0.2, 0.25) is 11.5 Å². The van der Waals surface area contributed by atoms with Crippen LogP contribution in [-0.2, 0) is 0 Å². The predicted molar refractivity (Wildman–Crippen MR) is 125 cm³/mol. The van der Waals surface area contributed by atoms with Crippen molar-refractivity contribution in [1.82, 2.24) is 14.9 Å². The van der Waals surface area contributed by atoms with Crippen LogP contribution in [0.5, 0.6) is 5.75 Å². The highest BCUT2D eigenvalue weighted by molar-refractivity contribution is 5.65. The van der Waals surface area contributed by atoms with Crippen LogP contribution in [0, 0.1) is 35.9 Å². The SMILES string of the molecule is [C-]#[N+]c1ccc(-c2nc(N3CCC4CNCC4C3)c(F)c(=O)n2-c2ccc(OC)c(F)c2)cc1F. The fourth-order valence-electron chi connectivity index (χ4n) is 4.89. The summed E-state index contributed by atoms with van der Waals surface area (Å²) in [6.07, 6.45) is 0.829.